The molecule has 0 heterocycles. The molecule has 0 radical (unpaired) electrons. The summed E-state index contributed by atoms with van der Waals surface area (Å²) in [6.07, 6.45) is 3.77. The number of hydrogen-bond acceptors (Lipinski definition) is 2. The Labute approximate surface area is 120 Å². The summed E-state index contributed by atoms with van der Waals surface area (Å²) in [5, 5.41) is 8.71. The molecule has 1 aliphatic rings. The largest absolute Gasteiger partial charge is 0.384 e. The van der Waals surface area contributed by atoms with Gasteiger partial charge in [-0.2, -0.15) is 0 Å². The Balaban J connectivity index is 2.07. The van der Waals surface area contributed by atoms with Gasteiger partial charge >= 0.3 is 0 Å². The van der Waals surface area contributed by atoms with Gasteiger partial charge in [0.25, 0.3) is 0 Å². The quantitative estimate of drug-likeness (QED) is 0.807. The van der Waals surface area contributed by atoms with Gasteiger partial charge in [-0.25, -0.2) is 4.39 Å². The molecular formula is C17H22FNO. The normalized spacial score (nSPS) is 14.2. The predicted octanol–water partition coefficient (Wildman–Crippen LogP) is 2.79. The van der Waals surface area contributed by atoms with E-state index in [1.165, 1.54) is 18.9 Å². The molecule has 0 spiro atoms. The molecule has 0 unspecified atom stereocenters. The molecule has 1 fully saturated rings. The molecule has 0 saturated heterocycles. The number of aliphatic hydroxyl groups excluding tert-OH is 1. The van der Waals surface area contributed by atoms with Crippen LogP contribution in [0.3, 0.4) is 0 Å². The van der Waals surface area contributed by atoms with E-state index in [-0.39, 0.29) is 12.4 Å². The van der Waals surface area contributed by atoms with E-state index in [9.17, 15) is 4.39 Å². The second-order valence-electron chi connectivity index (χ2n) is 5.49. The van der Waals surface area contributed by atoms with Crippen molar-refractivity contribution in [1.29, 1.82) is 0 Å². The van der Waals surface area contributed by atoms with Crippen molar-refractivity contribution in [1.82, 2.24) is 4.90 Å². The minimum Gasteiger partial charge on any atom is -0.384 e. The molecule has 0 atom stereocenters. The van der Waals surface area contributed by atoms with Crippen LogP contribution in [0, 0.1) is 23.6 Å². The van der Waals surface area contributed by atoms with Crippen molar-refractivity contribution in [3.8, 4) is 11.8 Å². The molecule has 2 nitrogen and oxygen atoms in total. The average molecular weight is 275 g/mol. The van der Waals surface area contributed by atoms with Gasteiger partial charge in [-0.3, -0.25) is 4.90 Å². The standard InChI is InChI=1S/C17H22FNO/c1-2-7-19(12-14-5-6-14)13-16-9-15(4-3-8-20)10-17(18)11-16/h9-11,14,20H,2,5-8,12-13H2,1H3. The van der Waals surface area contributed by atoms with Gasteiger partial charge in [-0.15, -0.1) is 0 Å². The fourth-order valence-electron chi connectivity index (χ4n) is 2.43. The molecule has 0 bridgehead atoms. The second kappa shape index (κ2) is 7.42. The minimum absolute atomic E-state index is 0.199. The first-order valence-electron chi connectivity index (χ1n) is 7.32. The monoisotopic (exact) mass is 275 g/mol. The SMILES string of the molecule is CCCN(Cc1cc(F)cc(C#CCO)c1)CC1CC1. The van der Waals surface area contributed by atoms with Crippen molar-refractivity contribution < 1.29 is 9.50 Å². The van der Waals surface area contributed by atoms with Crippen LogP contribution < -0.4 is 0 Å². The highest BCUT2D eigenvalue weighted by Crippen LogP contribution is 2.30. The van der Waals surface area contributed by atoms with E-state index in [1.54, 1.807) is 6.07 Å². The fourth-order valence-corrected chi connectivity index (χ4v) is 2.43. The lowest BCUT2D eigenvalue weighted by Gasteiger charge is -2.21. The van der Waals surface area contributed by atoms with Crippen LogP contribution in [0.1, 0.15) is 37.3 Å². The first-order valence-corrected chi connectivity index (χ1v) is 7.32. The summed E-state index contributed by atoms with van der Waals surface area (Å²) in [4.78, 5) is 2.40. The molecule has 20 heavy (non-hydrogen) atoms. The summed E-state index contributed by atoms with van der Waals surface area (Å²) in [6.45, 7) is 4.90. The molecule has 1 saturated carbocycles. The maximum Gasteiger partial charge on any atom is 0.124 e. The molecular weight excluding hydrogens is 253 g/mol. The van der Waals surface area contributed by atoms with Gasteiger partial charge in [0, 0.05) is 18.7 Å². The highest BCUT2D eigenvalue weighted by molar-refractivity contribution is 5.37. The van der Waals surface area contributed by atoms with Gasteiger partial charge in [0.2, 0.25) is 0 Å². The van der Waals surface area contributed by atoms with Crippen molar-refractivity contribution in [2.75, 3.05) is 19.7 Å². The fraction of sp³-hybridized carbons (Fsp3) is 0.529. The Hall–Kier alpha value is -1.37. The zero-order valence-corrected chi connectivity index (χ0v) is 12.0. The van der Waals surface area contributed by atoms with Crippen LogP contribution in [-0.2, 0) is 6.54 Å². The smallest absolute Gasteiger partial charge is 0.124 e. The highest BCUT2D eigenvalue weighted by atomic mass is 19.1. The third-order valence-electron chi connectivity index (χ3n) is 3.43. The zero-order valence-electron chi connectivity index (χ0n) is 12.0. The summed E-state index contributed by atoms with van der Waals surface area (Å²) in [7, 11) is 0. The number of aliphatic hydroxyl groups is 1. The molecule has 0 amide bonds. The highest BCUT2D eigenvalue weighted by Gasteiger charge is 2.24. The lowest BCUT2D eigenvalue weighted by Crippen LogP contribution is -2.26. The number of hydrogen-bond donors (Lipinski definition) is 1. The lowest BCUT2D eigenvalue weighted by molar-refractivity contribution is 0.255. The topological polar surface area (TPSA) is 23.5 Å². The minimum atomic E-state index is -0.257. The van der Waals surface area contributed by atoms with Crippen LogP contribution in [0.15, 0.2) is 18.2 Å². The van der Waals surface area contributed by atoms with Crippen LogP contribution in [0.2, 0.25) is 0 Å². The van der Waals surface area contributed by atoms with Gasteiger partial charge in [0.15, 0.2) is 0 Å². The Morgan fingerprint density at radius 2 is 2.15 bits per heavy atom. The maximum atomic E-state index is 13.6. The lowest BCUT2D eigenvalue weighted by atomic mass is 10.1. The first-order chi connectivity index (χ1) is 9.71. The van der Waals surface area contributed by atoms with Crippen LogP contribution in [0.5, 0.6) is 0 Å². The number of rotatable bonds is 6. The first kappa shape index (κ1) is 15.0. The molecule has 0 aromatic heterocycles. The van der Waals surface area contributed by atoms with Crippen LogP contribution >= 0.6 is 0 Å². The molecule has 3 heteroatoms. The van der Waals surface area contributed by atoms with Gasteiger partial charge in [-0.1, -0.05) is 18.8 Å². The van der Waals surface area contributed by atoms with Crippen molar-refractivity contribution >= 4 is 0 Å². The zero-order chi connectivity index (χ0) is 14.4. The molecule has 0 aliphatic heterocycles. The van der Waals surface area contributed by atoms with Gasteiger partial charge in [0.1, 0.15) is 12.4 Å². The van der Waals surface area contributed by atoms with Crippen molar-refractivity contribution in [3.05, 3.63) is 35.1 Å². The number of benzene rings is 1. The van der Waals surface area contributed by atoms with E-state index < -0.39 is 0 Å². The Morgan fingerprint density at radius 3 is 2.80 bits per heavy atom. The van der Waals surface area contributed by atoms with Crippen molar-refractivity contribution in [2.45, 2.75) is 32.7 Å². The van der Waals surface area contributed by atoms with E-state index in [1.807, 2.05) is 6.07 Å². The van der Waals surface area contributed by atoms with Crippen LogP contribution in [0.25, 0.3) is 0 Å². The maximum absolute atomic E-state index is 13.6. The van der Waals surface area contributed by atoms with Gasteiger partial charge in [-0.05, 0) is 55.5 Å². The van der Waals surface area contributed by atoms with Gasteiger partial charge in [0.05, 0.1) is 0 Å². The van der Waals surface area contributed by atoms with E-state index in [4.69, 9.17) is 5.11 Å². The molecule has 1 aromatic carbocycles. The second-order valence-corrected chi connectivity index (χ2v) is 5.49. The third kappa shape index (κ3) is 4.96. The Bertz CT molecular complexity index is 499. The number of nitrogens with zero attached hydrogens (tertiary/aromatic N) is 1. The third-order valence-corrected chi connectivity index (χ3v) is 3.43. The predicted molar refractivity (Wildman–Crippen MR) is 78.7 cm³/mol. The van der Waals surface area contributed by atoms with Crippen molar-refractivity contribution in [3.63, 3.8) is 0 Å². The Kier molecular flexibility index (Phi) is 5.58. The van der Waals surface area contributed by atoms with E-state index in [0.717, 1.165) is 37.5 Å². The molecule has 1 aromatic rings. The molecule has 1 N–H and O–H groups in total. The average Bonchev–Trinajstić information content (AvgIpc) is 3.20. The summed E-state index contributed by atoms with van der Waals surface area (Å²) < 4.78 is 13.6. The van der Waals surface area contributed by atoms with Crippen molar-refractivity contribution in [2.24, 2.45) is 5.92 Å². The van der Waals surface area contributed by atoms with E-state index in [0.29, 0.717) is 5.56 Å². The number of halogens is 1. The van der Waals surface area contributed by atoms with Crippen LogP contribution in [-0.4, -0.2) is 29.7 Å². The summed E-state index contributed by atoms with van der Waals surface area (Å²) >= 11 is 0. The van der Waals surface area contributed by atoms with Crippen LogP contribution in [0.4, 0.5) is 4.39 Å². The summed E-state index contributed by atoms with van der Waals surface area (Å²) in [5.74, 6) is 5.92. The summed E-state index contributed by atoms with van der Waals surface area (Å²) in [6, 6.07) is 4.91. The molecule has 108 valence electrons. The Morgan fingerprint density at radius 1 is 1.35 bits per heavy atom. The van der Waals surface area contributed by atoms with E-state index in [2.05, 4.69) is 23.7 Å². The van der Waals surface area contributed by atoms with E-state index >= 15 is 0 Å². The van der Waals surface area contributed by atoms with Gasteiger partial charge < -0.3 is 5.11 Å². The molecule has 1 aliphatic carbocycles. The molecule has 2 rings (SSSR count). The summed E-state index contributed by atoms with van der Waals surface area (Å²) in [5.41, 5.74) is 1.60.